The van der Waals surface area contributed by atoms with E-state index in [4.69, 9.17) is 16.3 Å². The molecule has 0 atom stereocenters. The van der Waals surface area contributed by atoms with E-state index in [0.717, 1.165) is 8.78 Å². The van der Waals surface area contributed by atoms with Crippen LogP contribution in [-0.4, -0.2) is 27.5 Å². The average molecular weight is 433 g/mol. The number of ether oxygens (including phenoxy) is 1. The second-order valence-corrected chi connectivity index (χ2v) is 7.96. The van der Waals surface area contributed by atoms with Gasteiger partial charge in [0.15, 0.2) is 0 Å². The summed E-state index contributed by atoms with van der Waals surface area (Å²) in [5, 5.41) is 0.468. The molecule has 0 aromatic heterocycles. The first-order chi connectivity index (χ1) is 11.3. The molecule has 0 aliphatic rings. The topological polar surface area (TPSA) is 63.7 Å². The number of carbonyl (C=O) groups excluding carboxylic acids is 1. The van der Waals surface area contributed by atoms with Gasteiger partial charge < -0.3 is 4.74 Å². The molecule has 0 fully saturated rings. The van der Waals surface area contributed by atoms with Crippen molar-refractivity contribution in [3.8, 4) is 0 Å². The predicted octanol–water partition coefficient (Wildman–Crippen LogP) is 3.86. The van der Waals surface area contributed by atoms with Crippen LogP contribution in [0.2, 0.25) is 5.02 Å². The largest absolute Gasteiger partial charge is 0.465 e. The first-order valence-electron chi connectivity index (χ1n) is 7.04. The first-order valence-corrected chi connectivity index (χ1v) is 9.65. The molecule has 2 aromatic carbocycles. The van der Waals surface area contributed by atoms with Gasteiger partial charge in [0.1, 0.15) is 6.54 Å². The Hall–Kier alpha value is -1.57. The second-order valence-electron chi connectivity index (χ2n) is 4.75. The van der Waals surface area contributed by atoms with E-state index in [-0.39, 0.29) is 11.5 Å². The number of halogens is 2. The van der Waals surface area contributed by atoms with E-state index in [0.29, 0.717) is 10.7 Å². The van der Waals surface area contributed by atoms with Crippen molar-refractivity contribution in [2.45, 2.75) is 11.8 Å². The number of esters is 1. The van der Waals surface area contributed by atoms with Gasteiger partial charge in [0.25, 0.3) is 10.0 Å². The molecular formula is C16H15BrClNO4S. The van der Waals surface area contributed by atoms with Gasteiger partial charge in [-0.15, -0.1) is 0 Å². The first kappa shape index (κ1) is 18.8. The second kappa shape index (κ2) is 8.00. The van der Waals surface area contributed by atoms with E-state index in [1.54, 1.807) is 31.2 Å². The maximum absolute atomic E-state index is 12.9. The lowest BCUT2D eigenvalue weighted by Gasteiger charge is -2.23. The Bertz CT molecular complexity index is 807. The molecule has 0 heterocycles. The average Bonchev–Trinajstić information content (AvgIpc) is 2.54. The van der Waals surface area contributed by atoms with Crippen molar-refractivity contribution in [1.29, 1.82) is 0 Å². The minimum Gasteiger partial charge on any atom is -0.465 e. The van der Waals surface area contributed by atoms with Crippen molar-refractivity contribution >= 4 is 49.2 Å². The fourth-order valence-corrected chi connectivity index (χ4v) is 3.78. The number of anilines is 1. The fourth-order valence-electron chi connectivity index (χ4n) is 1.98. The summed E-state index contributed by atoms with van der Waals surface area (Å²) in [7, 11) is -3.93. The summed E-state index contributed by atoms with van der Waals surface area (Å²) in [5.74, 6) is -0.631. The molecule has 2 aromatic rings. The Morgan fingerprint density at radius 3 is 2.25 bits per heavy atom. The number of hydrogen-bond acceptors (Lipinski definition) is 4. The van der Waals surface area contributed by atoms with Crippen LogP contribution in [0.25, 0.3) is 0 Å². The molecule has 0 unspecified atom stereocenters. The Kier molecular flexibility index (Phi) is 6.26. The molecule has 0 radical (unpaired) electrons. The van der Waals surface area contributed by atoms with Crippen molar-refractivity contribution in [2.24, 2.45) is 0 Å². The zero-order chi connectivity index (χ0) is 17.7. The number of nitrogens with zero attached hydrogens (tertiary/aromatic N) is 1. The molecule has 0 aliphatic carbocycles. The number of hydrogen-bond donors (Lipinski definition) is 0. The number of benzene rings is 2. The molecule has 0 N–H and O–H groups in total. The van der Waals surface area contributed by atoms with E-state index >= 15 is 0 Å². The highest BCUT2D eigenvalue weighted by molar-refractivity contribution is 9.10. The van der Waals surface area contributed by atoms with Gasteiger partial charge in [-0.1, -0.05) is 27.5 Å². The summed E-state index contributed by atoms with van der Waals surface area (Å²) in [6.07, 6.45) is 0. The van der Waals surface area contributed by atoms with E-state index in [1.807, 2.05) is 0 Å². The molecule has 0 amide bonds. The van der Waals surface area contributed by atoms with Crippen LogP contribution in [-0.2, 0) is 19.6 Å². The summed E-state index contributed by atoms with van der Waals surface area (Å²) in [4.78, 5) is 11.9. The minimum atomic E-state index is -3.93. The standard InChI is InChI=1S/C16H15BrClNO4S/c1-2-23-16(20)11-19(14-7-5-13(18)6-8-14)24(21,22)15-9-3-12(17)4-10-15/h3-10H,2,11H2,1H3. The molecule has 128 valence electrons. The molecule has 2 rings (SSSR count). The van der Waals surface area contributed by atoms with Gasteiger partial charge in [0.2, 0.25) is 0 Å². The Balaban J connectivity index is 2.45. The van der Waals surface area contributed by atoms with Gasteiger partial charge in [-0.3, -0.25) is 9.10 Å². The summed E-state index contributed by atoms with van der Waals surface area (Å²) < 4.78 is 32.5. The Morgan fingerprint density at radius 1 is 1.12 bits per heavy atom. The van der Waals surface area contributed by atoms with Crippen molar-refractivity contribution in [3.05, 3.63) is 58.0 Å². The molecular weight excluding hydrogens is 418 g/mol. The van der Waals surface area contributed by atoms with E-state index < -0.39 is 22.5 Å². The van der Waals surface area contributed by atoms with E-state index in [9.17, 15) is 13.2 Å². The van der Waals surface area contributed by atoms with Crippen molar-refractivity contribution in [1.82, 2.24) is 0 Å². The predicted molar refractivity (Wildman–Crippen MR) is 96.8 cm³/mol. The molecule has 0 bridgehead atoms. The summed E-state index contributed by atoms with van der Waals surface area (Å²) in [6, 6.07) is 12.4. The normalized spacial score (nSPS) is 11.1. The smallest absolute Gasteiger partial charge is 0.326 e. The lowest BCUT2D eigenvalue weighted by atomic mass is 10.3. The lowest BCUT2D eigenvalue weighted by molar-refractivity contribution is -0.141. The fraction of sp³-hybridized carbons (Fsp3) is 0.188. The molecule has 8 heteroatoms. The van der Waals surface area contributed by atoms with Crippen LogP contribution in [0.15, 0.2) is 57.9 Å². The lowest BCUT2D eigenvalue weighted by Crippen LogP contribution is -2.36. The van der Waals surface area contributed by atoms with E-state index in [2.05, 4.69) is 15.9 Å². The SMILES string of the molecule is CCOC(=O)CN(c1ccc(Cl)cc1)S(=O)(=O)c1ccc(Br)cc1. The summed E-state index contributed by atoms with van der Waals surface area (Å²) in [5.41, 5.74) is 0.329. The third-order valence-electron chi connectivity index (χ3n) is 3.09. The molecule has 0 saturated heterocycles. The third kappa shape index (κ3) is 4.49. The van der Waals surface area contributed by atoms with Crippen molar-refractivity contribution in [3.63, 3.8) is 0 Å². The quantitative estimate of drug-likeness (QED) is 0.650. The monoisotopic (exact) mass is 431 g/mol. The molecule has 0 saturated carbocycles. The molecule has 0 spiro atoms. The highest BCUT2D eigenvalue weighted by Gasteiger charge is 2.27. The van der Waals surface area contributed by atoms with Crippen LogP contribution < -0.4 is 4.31 Å². The minimum absolute atomic E-state index is 0.0740. The highest BCUT2D eigenvalue weighted by atomic mass is 79.9. The maximum atomic E-state index is 12.9. The molecule has 0 aliphatic heterocycles. The number of carbonyl (C=O) groups is 1. The van der Waals surface area contributed by atoms with Gasteiger partial charge in [-0.05, 0) is 55.5 Å². The third-order valence-corrected chi connectivity index (χ3v) is 5.66. The zero-order valence-electron chi connectivity index (χ0n) is 12.8. The van der Waals surface area contributed by atoms with Crippen molar-refractivity contribution in [2.75, 3.05) is 17.5 Å². The number of rotatable bonds is 6. The molecule has 24 heavy (non-hydrogen) atoms. The van der Waals surface area contributed by atoms with Gasteiger partial charge >= 0.3 is 5.97 Å². The van der Waals surface area contributed by atoms with Crippen LogP contribution in [0.4, 0.5) is 5.69 Å². The van der Waals surface area contributed by atoms with Gasteiger partial charge in [-0.2, -0.15) is 0 Å². The summed E-state index contributed by atoms with van der Waals surface area (Å²) in [6.45, 7) is 1.41. The van der Waals surface area contributed by atoms with E-state index in [1.165, 1.54) is 24.3 Å². The Labute approximate surface area is 154 Å². The maximum Gasteiger partial charge on any atom is 0.326 e. The van der Waals surface area contributed by atoms with Gasteiger partial charge in [0.05, 0.1) is 17.2 Å². The van der Waals surface area contributed by atoms with Crippen LogP contribution in [0.1, 0.15) is 6.92 Å². The van der Waals surface area contributed by atoms with Crippen LogP contribution in [0.3, 0.4) is 0 Å². The van der Waals surface area contributed by atoms with Gasteiger partial charge in [0, 0.05) is 9.50 Å². The van der Waals surface area contributed by atoms with Gasteiger partial charge in [-0.25, -0.2) is 8.42 Å². The highest BCUT2D eigenvalue weighted by Crippen LogP contribution is 2.26. The van der Waals surface area contributed by atoms with Crippen LogP contribution in [0.5, 0.6) is 0 Å². The number of sulfonamides is 1. The zero-order valence-corrected chi connectivity index (χ0v) is 15.9. The Morgan fingerprint density at radius 2 is 1.71 bits per heavy atom. The van der Waals surface area contributed by atoms with Crippen LogP contribution in [0, 0.1) is 0 Å². The van der Waals surface area contributed by atoms with Crippen LogP contribution >= 0.6 is 27.5 Å². The molecule has 5 nitrogen and oxygen atoms in total. The van der Waals surface area contributed by atoms with Crippen molar-refractivity contribution < 1.29 is 17.9 Å². The summed E-state index contributed by atoms with van der Waals surface area (Å²) >= 11 is 9.12.